The minimum absolute atomic E-state index is 0.192. The van der Waals surface area contributed by atoms with E-state index in [0.717, 1.165) is 29.9 Å². The predicted molar refractivity (Wildman–Crippen MR) is 84.4 cm³/mol. The fourth-order valence-corrected chi connectivity index (χ4v) is 2.71. The van der Waals surface area contributed by atoms with E-state index in [1.165, 1.54) is 5.56 Å². The molecule has 1 aliphatic heterocycles. The van der Waals surface area contributed by atoms with Crippen molar-refractivity contribution < 1.29 is 4.79 Å². The Bertz CT molecular complexity index is 637. The fraction of sp³-hybridized carbons (Fsp3) is 0.294. The largest absolute Gasteiger partial charge is 0.373 e. The highest BCUT2D eigenvalue weighted by atomic mass is 16.2. The highest BCUT2D eigenvalue weighted by molar-refractivity contribution is 5.94. The number of fused-ring (bicyclic) bond motifs is 1. The van der Waals surface area contributed by atoms with Gasteiger partial charge in [-0.15, -0.1) is 0 Å². The number of anilines is 2. The van der Waals surface area contributed by atoms with E-state index in [4.69, 9.17) is 0 Å². The summed E-state index contributed by atoms with van der Waals surface area (Å²) in [5, 5.41) is 3.00. The molecule has 3 rings (SSSR count). The van der Waals surface area contributed by atoms with Crippen molar-refractivity contribution in [3.8, 4) is 0 Å². The molecule has 2 heterocycles. The van der Waals surface area contributed by atoms with Crippen LogP contribution in [0.1, 0.15) is 24.0 Å². The second-order valence-corrected chi connectivity index (χ2v) is 5.26. The maximum Gasteiger partial charge on any atom is 0.227 e. The van der Waals surface area contributed by atoms with Crippen LogP contribution in [0.2, 0.25) is 0 Å². The number of aromatic nitrogens is 1. The summed E-state index contributed by atoms with van der Waals surface area (Å²) in [6.45, 7) is 0.576. The van der Waals surface area contributed by atoms with Crippen molar-refractivity contribution in [3.05, 3.63) is 53.7 Å². The van der Waals surface area contributed by atoms with Gasteiger partial charge in [-0.25, -0.2) is 4.98 Å². The number of rotatable bonds is 3. The average molecular weight is 281 g/mol. The topological polar surface area (TPSA) is 45.2 Å². The number of nitrogens with one attached hydrogen (secondary N) is 1. The SMILES string of the molecule is CNc1ccc(CN2C(=O)CCCc3ccccc32)cn1. The summed E-state index contributed by atoms with van der Waals surface area (Å²) in [6.07, 6.45) is 4.32. The van der Waals surface area contributed by atoms with Crippen molar-refractivity contribution >= 4 is 17.4 Å². The lowest BCUT2D eigenvalue weighted by atomic mass is 10.1. The number of benzene rings is 1. The molecular weight excluding hydrogens is 262 g/mol. The highest BCUT2D eigenvalue weighted by Crippen LogP contribution is 2.28. The Kier molecular flexibility index (Phi) is 3.86. The van der Waals surface area contributed by atoms with Gasteiger partial charge in [-0.05, 0) is 36.1 Å². The number of hydrogen-bond acceptors (Lipinski definition) is 3. The summed E-state index contributed by atoms with van der Waals surface area (Å²) in [5.41, 5.74) is 3.33. The van der Waals surface area contributed by atoms with Gasteiger partial charge in [0.25, 0.3) is 0 Å². The number of aryl methyl sites for hydroxylation is 1. The third kappa shape index (κ3) is 2.89. The lowest BCUT2D eigenvalue weighted by Gasteiger charge is -2.23. The van der Waals surface area contributed by atoms with Crippen LogP contribution in [-0.4, -0.2) is 17.9 Å². The van der Waals surface area contributed by atoms with E-state index in [-0.39, 0.29) is 5.91 Å². The van der Waals surface area contributed by atoms with Crippen molar-refractivity contribution in [2.24, 2.45) is 0 Å². The molecule has 0 spiro atoms. The molecule has 1 aromatic carbocycles. The van der Waals surface area contributed by atoms with Crippen LogP contribution in [0.25, 0.3) is 0 Å². The lowest BCUT2D eigenvalue weighted by Crippen LogP contribution is -2.29. The van der Waals surface area contributed by atoms with Crippen LogP contribution in [0.5, 0.6) is 0 Å². The summed E-state index contributed by atoms with van der Waals surface area (Å²) < 4.78 is 0. The molecule has 0 radical (unpaired) electrons. The molecule has 4 heteroatoms. The molecule has 1 aromatic heterocycles. The van der Waals surface area contributed by atoms with E-state index in [9.17, 15) is 4.79 Å². The Hall–Kier alpha value is -2.36. The first-order valence-corrected chi connectivity index (χ1v) is 7.29. The van der Waals surface area contributed by atoms with Gasteiger partial charge >= 0.3 is 0 Å². The summed E-state index contributed by atoms with van der Waals surface area (Å²) in [7, 11) is 1.84. The molecule has 1 N–H and O–H groups in total. The molecule has 2 aromatic rings. The molecule has 0 fully saturated rings. The van der Waals surface area contributed by atoms with Crippen LogP contribution in [0.15, 0.2) is 42.6 Å². The minimum Gasteiger partial charge on any atom is -0.373 e. The Balaban J connectivity index is 1.90. The normalized spacial score (nSPS) is 14.5. The number of amides is 1. The van der Waals surface area contributed by atoms with Gasteiger partial charge in [0.05, 0.1) is 6.54 Å². The van der Waals surface area contributed by atoms with Crippen LogP contribution in [0.4, 0.5) is 11.5 Å². The van der Waals surface area contributed by atoms with E-state index in [1.807, 2.05) is 48.5 Å². The van der Waals surface area contributed by atoms with Gasteiger partial charge in [0.1, 0.15) is 5.82 Å². The van der Waals surface area contributed by atoms with Crippen LogP contribution in [0.3, 0.4) is 0 Å². The van der Waals surface area contributed by atoms with Crippen molar-refractivity contribution in [3.63, 3.8) is 0 Å². The predicted octanol–water partition coefficient (Wildman–Crippen LogP) is 2.99. The first kappa shape index (κ1) is 13.6. The number of para-hydroxylation sites is 1. The number of hydrogen-bond donors (Lipinski definition) is 1. The number of pyridine rings is 1. The van der Waals surface area contributed by atoms with Gasteiger partial charge in [-0.2, -0.15) is 0 Å². The fourth-order valence-electron chi connectivity index (χ4n) is 2.71. The van der Waals surface area contributed by atoms with Crippen molar-refractivity contribution in [1.82, 2.24) is 4.98 Å². The molecule has 0 bridgehead atoms. The van der Waals surface area contributed by atoms with Crippen LogP contribution in [0, 0.1) is 0 Å². The van der Waals surface area contributed by atoms with E-state index in [1.54, 1.807) is 0 Å². The molecule has 108 valence electrons. The van der Waals surface area contributed by atoms with Crippen molar-refractivity contribution in [2.75, 3.05) is 17.3 Å². The van der Waals surface area contributed by atoms with Gasteiger partial charge in [0.15, 0.2) is 0 Å². The maximum absolute atomic E-state index is 12.4. The molecule has 1 aliphatic rings. The van der Waals surface area contributed by atoms with Gasteiger partial charge in [0.2, 0.25) is 5.91 Å². The zero-order valence-electron chi connectivity index (χ0n) is 12.2. The lowest BCUT2D eigenvalue weighted by molar-refractivity contribution is -0.118. The first-order valence-electron chi connectivity index (χ1n) is 7.29. The average Bonchev–Trinajstić information content (AvgIpc) is 2.68. The smallest absolute Gasteiger partial charge is 0.227 e. The van der Waals surface area contributed by atoms with Gasteiger partial charge < -0.3 is 10.2 Å². The summed E-state index contributed by atoms with van der Waals surface area (Å²) >= 11 is 0. The van der Waals surface area contributed by atoms with Gasteiger partial charge in [-0.3, -0.25) is 4.79 Å². The van der Waals surface area contributed by atoms with Crippen LogP contribution >= 0.6 is 0 Å². The van der Waals surface area contributed by atoms with E-state index in [0.29, 0.717) is 13.0 Å². The van der Waals surface area contributed by atoms with E-state index in [2.05, 4.69) is 16.4 Å². The molecule has 0 aliphatic carbocycles. The third-order valence-electron chi connectivity index (χ3n) is 3.84. The number of carbonyl (C=O) groups excluding carboxylic acids is 1. The minimum atomic E-state index is 0.192. The van der Waals surface area contributed by atoms with Crippen LogP contribution in [-0.2, 0) is 17.8 Å². The monoisotopic (exact) mass is 281 g/mol. The molecule has 4 nitrogen and oxygen atoms in total. The van der Waals surface area contributed by atoms with E-state index < -0.39 is 0 Å². The van der Waals surface area contributed by atoms with Crippen molar-refractivity contribution in [1.29, 1.82) is 0 Å². The summed E-state index contributed by atoms with van der Waals surface area (Å²) in [6, 6.07) is 12.1. The first-order chi connectivity index (χ1) is 10.3. The summed E-state index contributed by atoms with van der Waals surface area (Å²) in [5.74, 6) is 1.03. The molecular formula is C17H19N3O. The quantitative estimate of drug-likeness (QED) is 0.940. The second-order valence-electron chi connectivity index (χ2n) is 5.26. The van der Waals surface area contributed by atoms with Gasteiger partial charge in [0, 0.05) is 25.4 Å². The summed E-state index contributed by atoms with van der Waals surface area (Å²) in [4.78, 5) is 18.6. The standard InChI is InChI=1S/C17H19N3O/c1-18-16-10-9-13(11-19-16)12-20-15-7-3-2-5-14(15)6-4-8-17(20)21/h2-3,5,7,9-11H,4,6,8,12H2,1H3,(H,18,19). The van der Waals surface area contributed by atoms with Crippen LogP contribution < -0.4 is 10.2 Å². The zero-order valence-corrected chi connectivity index (χ0v) is 12.2. The molecule has 1 amide bonds. The Morgan fingerprint density at radius 3 is 2.81 bits per heavy atom. The number of carbonyl (C=O) groups is 1. The Labute approximate surface area is 124 Å². The Morgan fingerprint density at radius 1 is 1.19 bits per heavy atom. The molecule has 21 heavy (non-hydrogen) atoms. The molecule has 0 saturated carbocycles. The number of nitrogens with zero attached hydrogens (tertiary/aromatic N) is 2. The zero-order chi connectivity index (χ0) is 14.7. The van der Waals surface area contributed by atoms with Gasteiger partial charge in [-0.1, -0.05) is 24.3 Å². The van der Waals surface area contributed by atoms with E-state index >= 15 is 0 Å². The van der Waals surface area contributed by atoms with Crippen molar-refractivity contribution in [2.45, 2.75) is 25.8 Å². The molecule has 0 unspecified atom stereocenters. The Morgan fingerprint density at radius 2 is 2.05 bits per heavy atom. The maximum atomic E-state index is 12.4. The highest BCUT2D eigenvalue weighted by Gasteiger charge is 2.21. The molecule has 0 saturated heterocycles. The second kappa shape index (κ2) is 5.95. The third-order valence-corrected chi connectivity index (χ3v) is 3.84. The molecule has 0 atom stereocenters.